The van der Waals surface area contributed by atoms with E-state index < -0.39 is 10.0 Å². The van der Waals surface area contributed by atoms with Crippen molar-refractivity contribution >= 4 is 32.1 Å². The fourth-order valence-corrected chi connectivity index (χ4v) is 4.66. The van der Waals surface area contributed by atoms with E-state index in [-0.39, 0.29) is 4.90 Å². The Bertz CT molecular complexity index is 1500. The summed E-state index contributed by atoms with van der Waals surface area (Å²) in [6.07, 6.45) is 1.96. The summed E-state index contributed by atoms with van der Waals surface area (Å²) in [5.74, 6) is 0. The van der Waals surface area contributed by atoms with Gasteiger partial charge in [-0.2, -0.15) is 0 Å². The quantitative estimate of drug-likeness (QED) is 0.437. The summed E-state index contributed by atoms with van der Waals surface area (Å²) < 4.78 is 30.6. The van der Waals surface area contributed by atoms with Crippen LogP contribution in [-0.4, -0.2) is 17.8 Å². The summed E-state index contributed by atoms with van der Waals surface area (Å²) in [6, 6.07) is 26.0. The maximum Gasteiger partial charge on any atom is 0.261 e. The van der Waals surface area contributed by atoms with E-state index in [9.17, 15) is 8.42 Å². The van der Waals surface area contributed by atoms with Gasteiger partial charge in [0.1, 0.15) is 5.65 Å². The smallest absolute Gasteiger partial charge is 0.261 e. The second kappa shape index (κ2) is 7.00. The Hall–Kier alpha value is -3.64. The van der Waals surface area contributed by atoms with Crippen LogP contribution < -0.4 is 4.72 Å². The van der Waals surface area contributed by atoms with Crippen LogP contribution in [0.5, 0.6) is 0 Å². The number of hydrogen-bond acceptors (Lipinski definition) is 3. The SMILES string of the molecule is Cc1cccc2nc(-c3cccc(NS(=O)(=O)c4ccc5ccccc5c4)c3)cn12. The van der Waals surface area contributed by atoms with Crippen molar-refractivity contribution in [2.24, 2.45) is 0 Å². The lowest BCUT2D eigenvalue weighted by Gasteiger charge is -2.10. The molecule has 1 N–H and O–H groups in total. The van der Waals surface area contributed by atoms with Crippen molar-refractivity contribution in [2.45, 2.75) is 11.8 Å². The highest BCUT2D eigenvalue weighted by Crippen LogP contribution is 2.26. The molecule has 5 nitrogen and oxygen atoms in total. The van der Waals surface area contributed by atoms with E-state index in [1.165, 1.54) is 0 Å². The van der Waals surface area contributed by atoms with Gasteiger partial charge in [0.05, 0.1) is 10.6 Å². The van der Waals surface area contributed by atoms with E-state index in [1.54, 1.807) is 24.3 Å². The molecule has 3 aromatic carbocycles. The molecule has 5 rings (SSSR count). The molecular weight excluding hydrogens is 394 g/mol. The minimum absolute atomic E-state index is 0.231. The topological polar surface area (TPSA) is 63.5 Å². The van der Waals surface area contributed by atoms with Gasteiger partial charge < -0.3 is 4.40 Å². The monoisotopic (exact) mass is 413 g/mol. The zero-order valence-corrected chi connectivity index (χ0v) is 17.1. The van der Waals surface area contributed by atoms with Crippen LogP contribution in [0.15, 0.2) is 96.0 Å². The minimum Gasteiger partial charge on any atom is -0.304 e. The van der Waals surface area contributed by atoms with Crippen molar-refractivity contribution in [3.05, 3.63) is 96.8 Å². The highest BCUT2D eigenvalue weighted by Gasteiger charge is 2.15. The first kappa shape index (κ1) is 18.4. The molecular formula is C24H19N3O2S. The summed E-state index contributed by atoms with van der Waals surface area (Å²) in [6.45, 7) is 2.02. The molecule has 0 aliphatic carbocycles. The van der Waals surface area contributed by atoms with Gasteiger partial charge >= 0.3 is 0 Å². The Morgan fingerprint density at radius 2 is 1.63 bits per heavy atom. The number of anilines is 1. The van der Waals surface area contributed by atoms with Crippen LogP contribution >= 0.6 is 0 Å². The Kier molecular flexibility index (Phi) is 4.29. The van der Waals surface area contributed by atoms with Gasteiger partial charge in [-0.15, -0.1) is 0 Å². The molecule has 0 unspecified atom stereocenters. The van der Waals surface area contributed by atoms with Crippen LogP contribution in [0.2, 0.25) is 0 Å². The van der Waals surface area contributed by atoms with Gasteiger partial charge in [-0.3, -0.25) is 4.72 Å². The minimum atomic E-state index is -3.71. The number of sulfonamides is 1. The second-order valence-electron chi connectivity index (χ2n) is 7.22. The van der Waals surface area contributed by atoms with Gasteiger partial charge in [-0.1, -0.05) is 48.5 Å². The van der Waals surface area contributed by atoms with Crippen LogP contribution in [0.3, 0.4) is 0 Å². The Balaban J connectivity index is 1.49. The van der Waals surface area contributed by atoms with E-state index >= 15 is 0 Å². The Labute approximate surface area is 174 Å². The number of aryl methyl sites for hydroxylation is 1. The number of nitrogens with zero attached hydrogens (tertiary/aromatic N) is 2. The fraction of sp³-hybridized carbons (Fsp3) is 0.0417. The van der Waals surface area contributed by atoms with Gasteiger partial charge in [0.25, 0.3) is 10.0 Å². The molecule has 148 valence electrons. The maximum absolute atomic E-state index is 12.9. The van der Waals surface area contributed by atoms with E-state index in [4.69, 9.17) is 0 Å². The molecule has 0 aliphatic heterocycles. The second-order valence-corrected chi connectivity index (χ2v) is 8.90. The van der Waals surface area contributed by atoms with Crippen LogP contribution in [-0.2, 0) is 10.0 Å². The third-order valence-electron chi connectivity index (χ3n) is 5.14. The number of aromatic nitrogens is 2. The first-order valence-electron chi connectivity index (χ1n) is 9.56. The number of fused-ring (bicyclic) bond motifs is 2. The van der Waals surface area contributed by atoms with E-state index in [0.717, 1.165) is 33.4 Å². The molecule has 0 saturated carbocycles. The summed E-state index contributed by atoms with van der Waals surface area (Å²) >= 11 is 0. The highest BCUT2D eigenvalue weighted by atomic mass is 32.2. The van der Waals surface area contributed by atoms with Crippen molar-refractivity contribution in [1.29, 1.82) is 0 Å². The predicted molar refractivity (Wildman–Crippen MR) is 120 cm³/mol. The highest BCUT2D eigenvalue weighted by molar-refractivity contribution is 7.92. The van der Waals surface area contributed by atoms with Crippen molar-refractivity contribution in [1.82, 2.24) is 9.38 Å². The lowest BCUT2D eigenvalue weighted by atomic mass is 10.1. The zero-order chi connectivity index (χ0) is 20.7. The predicted octanol–water partition coefficient (Wildman–Crippen LogP) is 5.26. The van der Waals surface area contributed by atoms with E-state index in [2.05, 4.69) is 9.71 Å². The average Bonchev–Trinajstić information content (AvgIpc) is 3.19. The molecule has 5 aromatic rings. The molecule has 2 heterocycles. The van der Waals surface area contributed by atoms with Crippen LogP contribution in [0.4, 0.5) is 5.69 Å². The van der Waals surface area contributed by atoms with Gasteiger partial charge in [-0.25, -0.2) is 13.4 Å². The average molecular weight is 414 g/mol. The van der Waals surface area contributed by atoms with Gasteiger partial charge in [-0.05, 0) is 54.1 Å². The summed E-state index contributed by atoms with van der Waals surface area (Å²) in [7, 11) is -3.71. The molecule has 0 saturated heterocycles. The molecule has 0 atom stereocenters. The van der Waals surface area contributed by atoms with Crippen molar-refractivity contribution in [2.75, 3.05) is 4.72 Å². The third kappa shape index (κ3) is 3.31. The first-order valence-corrected chi connectivity index (χ1v) is 11.0. The Morgan fingerprint density at radius 1 is 0.833 bits per heavy atom. The number of imidazole rings is 1. The molecule has 6 heteroatoms. The number of benzene rings is 3. The number of pyridine rings is 1. The van der Waals surface area contributed by atoms with Gasteiger partial charge in [0.2, 0.25) is 0 Å². The van der Waals surface area contributed by atoms with Crippen molar-refractivity contribution in [3.63, 3.8) is 0 Å². The van der Waals surface area contributed by atoms with Crippen LogP contribution in [0, 0.1) is 6.92 Å². The molecule has 0 bridgehead atoms. The summed E-state index contributed by atoms with van der Waals surface area (Å²) in [4.78, 5) is 4.89. The first-order chi connectivity index (χ1) is 14.5. The molecule has 0 amide bonds. The maximum atomic E-state index is 12.9. The lowest BCUT2D eigenvalue weighted by Crippen LogP contribution is -2.12. The molecule has 0 fully saturated rings. The fourth-order valence-electron chi connectivity index (χ4n) is 3.58. The van der Waals surface area contributed by atoms with Gasteiger partial charge in [0.15, 0.2) is 0 Å². The Morgan fingerprint density at radius 3 is 2.47 bits per heavy atom. The standard InChI is InChI=1S/C24H19N3O2S/c1-17-6-4-11-24-25-23(16-27(17)24)20-9-5-10-21(14-20)26-30(28,29)22-13-12-18-7-2-3-8-19(18)15-22/h2-16,26H,1H3. The third-order valence-corrected chi connectivity index (χ3v) is 6.52. The van der Waals surface area contributed by atoms with E-state index in [0.29, 0.717) is 5.69 Å². The number of nitrogens with one attached hydrogen (secondary N) is 1. The van der Waals surface area contributed by atoms with Crippen LogP contribution in [0.1, 0.15) is 5.69 Å². The molecule has 2 aromatic heterocycles. The normalized spacial score (nSPS) is 11.8. The molecule has 30 heavy (non-hydrogen) atoms. The van der Waals surface area contributed by atoms with Crippen molar-refractivity contribution in [3.8, 4) is 11.3 Å². The zero-order valence-electron chi connectivity index (χ0n) is 16.3. The van der Waals surface area contributed by atoms with Crippen LogP contribution in [0.25, 0.3) is 27.7 Å². The molecule has 0 spiro atoms. The largest absolute Gasteiger partial charge is 0.304 e. The summed E-state index contributed by atoms with van der Waals surface area (Å²) in [5.41, 5.74) is 4.06. The molecule has 0 radical (unpaired) electrons. The molecule has 0 aliphatic rings. The lowest BCUT2D eigenvalue weighted by molar-refractivity contribution is 0.601. The summed E-state index contributed by atoms with van der Waals surface area (Å²) in [5, 5.41) is 1.88. The number of rotatable bonds is 4. The van der Waals surface area contributed by atoms with Crippen molar-refractivity contribution < 1.29 is 8.42 Å². The number of hydrogen-bond donors (Lipinski definition) is 1. The van der Waals surface area contributed by atoms with E-state index in [1.807, 2.05) is 78.2 Å². The van der Waals surface area contributed by atoms with Gasteiger partial charge in [0, 0.05) is 23.1 Å².